The molecule has 24 heavy (non-hydrogen) atoms. The highest BCUT2D eigenvalue weighted by atomic mass is 16.8. The van der Waals surface area contributed by atoms with E-state index in [4.69, 9.17) is 14.2 Å². The van der Waals surface area contributed by atoms with Crippen LogP contribution in [0.4, 0.5) is 0 Å². The Kier molecular flexibility index (Phi) is 4.10. The molecule has 3 fully saturated rings. The summed E-state index contributed by atoms with van der Waals surface area (Å²) < 4.78 is 19.7. The Morgan fingerprint density at radius 1 is 1.17 bits per heavy atom. The van der Waals surface area contributed by atoms with Gasteiger partial charge in [0.1, 0.15) is 6.10 Å². The van der Waals surface area contributed by atoms with Crippen LogP contribution in [0.2, 0.25) is 0 Å². The molecule has 7 heteroatoms. The Bertz CT molecular complexity index is 718. The number of rotatable bonds is 2. The van der Waals surface area contributed by atoms with Crippen LogP contribution in [0.25, 0.3) is 0 Å². The summed E-state index contributed by atoms with van der Waals surface area (Å²) in [6, 6.07) is -0.0791. The fraction of sp³-hybridized carbons (Fsp3) is 0.765. The van der Waals surface area contributed by atoms with Crippen molar-refractivity contribution in [3.63, 3.8) is 0 Å². The van der Waals surface area contributed by atoms with Crippen molar-refractivity contribution in [1.29, 1.82) is 0 Å². The zero-order valence-electron chi connectivity index (χ0n) is 14.0. The van der Waals surface area contributed by atoms with Crippen molar-refractivity contribution in [2.45, 2.75) is 69.5 Å². The summed E-state index contributed by atoms with van der Waals surface area (Å²) in [6.45, 7) is 2.70. The zero-order chi connectivity index (χ0) is 16.7. The molecule has 1 spiro atoms. The van der Waals surface area contributed by atoms with Crippen molar-refractivity contribution >= 4 is 0 Å². The normalized spacial score (nSPS) is 32.5. The van der Waals surface area contributed by atoms with Gasteiger partial charge in [-0.15, -0.1) is 0 Å². The summed E-state index contributed by atoms with van der Waals surface area (Å²) in [4.78, 5) is 25.9. The van der Waals surface area contributed by atoms with Gasteiger partial charge in [0.05, 0.1) is 25.4 Å². The van der Waals surface area contributed by atoms with Gasteiger partial charge in [0.15, 0.2) is 5.79 Å². The van der Waals surface area contributed by atoms with Gasteiger partial charge in [-0.05, 0) is 26.2 Å². The second-order valence-electron chi connectivity index (χ2n) is 7.18. The molecule has 2 saturated heterocycles. The first-order valence-corrected chi connectivity index (χ1v) is 8.82. The van der Waals surface area contributed by atoms with Gasteiger partial charge in [-0.25, -0.2) is 4.79 Å². The summed E-state index contributed by atoms with van der Waals surface area (Å²) in [6.07, 6.45) is 7.61. The standard InChI is InChI=1S/C17H24N2O5/c1-11-8-19(16(21)18-15(11)20)12-7-13(22-9-12)14-10-23-17(24-14)5-3-2-4-6-17/h8,12-14H,2-7,9-10H2,1H3,(H,18,20,21)/t12-,13-,14+/m0/s1. The summed E-state index contributed by atoms with van der Waals surface area (Å²) in [5.74, 6) is -0.407. The first kappa shape index (κ1) is 16.1. The minimum atomic E-state index is -0.407. The van der Waals surface area contributed by atoms with E-state index in [1.807, 2.05) is 0 Å². The Hall–Kier alpha value is -1.44. The number of H-pyrrole nitrogens is 1. The third-order valence-electron chi connectivity index (χ3n) is 5.45. The molecule has 1 aromatic heterocycles. The maximum Gasteiger partial charge on any atom is 0.328 e. The molecule has 132 valence electrons. The largest absolute Gasteiger partial charge is 0.373 e. The van der Waals surface area contributed by atoms with E-state index < -0.39 is 5.79 Å². The fourth-order valence-electron chi connectivity index (χ4n) is 4.06. The van der Waals surface area contributed by atoms with Crippen molar-refractivity contribution < 1.29 is 14.2 Å². The predicted molar refractivity (Wildman–Crippen MR) is 86.1 cm³/mol. The number of aromatic nitrogens is 2. The van der Waals surface area contributed by atoms with Crippen LogP contribution in [0.3, 0.4) is 0 Å². The van der Waals surface area contributed by atoms with Gasteiger partial charge in [-0.1, -0.05) is 6.42 Å². The van der Waals surface area contributed by atoms with Gasteiger partial charge in [0.2, 0.25) is 0 Å². The lowest BCUT2D eigenvalue weighted by Gasteiger charge is -2.32. The van der Waals surface area contributed by atoms with Gasteiger partial charge in [-0.2, -0.15) is 0 Å². The molecule has 3 aliphatic rings. The summed E-state index contributed by atoms with van der Waals surface area (Å²) in [7, 11) is 0. The molecule has 2 aliphatic heterocycles. The molecule has 1 aliphatic carbocycles. The fourth-order valence-corrected chi connectivity index (χ4v) is 4.06. The van der Waals surface area contributed by atoms with Crippen LogP contribution >= 0.6 is 0 Å². The summed E-state index contributed by atoms with van der Waals surface area (Å²) in [5, 5.41) is 0. The first-order chi connectivity index (χ1) is 11.6. The van der Waals surface area contributed by atoms with Crippen LogP contribution < -0.4 is 11.2 Å². The van der Waals surface area contributed by atoms with Gasteiger partial charge < -0.3 is 14.2 Å². The highest BCUT2D eigenvalue weighted by molar-refractivity contribution is 5.03. The van der Waals surface area contributed by atoms with Crippen molar-refractivity contribution in [3.05, 3.63) is 32.6 Å². The summed E-state index contributed by atoms with van der Waals surface area (Å²) >= 11 is 0. The number of hydrogen-bond acceptors (Lipinski definition) is 5. The van der Waals surface area contributed by atoms with Crippen LogP contribution in [-0.4, -0.2) is 40.8 Å². The molecule has 4 rings (SSSR count). The van der Waals surface area contributed by atoms with Gasteiger partial charge in [0, 0.05) is 24.6 Å². The van der Waals surface area contributed by atoms with Crippen LogP contribution in [0.1, 0.15) is 50.1 Å². The van der Waals surface area contributed by atoms with E-state index in [0.29, 0.717) is 25.2 Å². The molecule has 0 radical (unpaired) electrons. The molecule has 7 nitrogen and oxygen atoms in total. The Morgan fingerprint density at radius 3 is 2.75 bits per heavy atom. The van der Waals surface area contributed by atoms with Crippen molar-refractivity contribution in [3.8, 4) is 0 Å². The lowest BCUT2D eigenvalue weighted by atomic mass is 9.94. The maximum atomic E-state index is 12.0. The SMILES string of the molecule is Cc1cn([C@@H]2CO[C@H]([C@H]3COC4(CCCCC4)O3)C2)c(=O)[nH]c1=O. The Morgan fingerprint density at radius 2 is 1.96 bits per heavy atom. The second-order valence-corrected chi connectivity index (χ2v) is 7.18. The van der Waals surface area contributed by atoms with Gasteiger partial charge in [-0.3, -0.25) is 14.3 Å². The van der Waals surface area contributed by atoms with Crippen molar-refractivity contribution in [2.24, 2.45) is 0 Å². The minimum absolute atomic E-state index is 0.0737. The second kappa shape index (κ2) is 6.13. The summed E-state index contributed by atoms with van der Waals surface area (Å²) in [5.41, 5.74) is -0.190. The van der Waals surface area contributed by atoms with Gasteiger partial charge >= 0.3 is 5.69 Å². The average molecular weight is 336 g/mol. The predicted octanol–water partition coefficient (Wildman–Crippen LogP) is 1.25. The van der Waals surface area contributed by atoms with Crippen molar-refractivity contribution in [2.75, 3.05) is 13.2 Å². The third-order valence-corrected chi connectivity index (χ3v) is 5.45. The molecule has 0 amide bonds. The number of nitrogens with zero attached hydrogens (tertiary/aromatic N) is 1. The minimum Gasteiger partial charge on any atom is -0.373 e. The Balaban J connectivity index is 1.45. The first-order valence-electron chi connectivity index (χ1n) is 8.82. The van der Waals surface area contributed by atoms with Crippen LogP contribution in [0.5, 0.6) is 0 Å². The number of aryl methyl sites for hydroxylation is 1. The van der Waals surface area contributed by atoms with E-state index in [9.17, 15) is 9.59 Å². The molecule has 3 heterocycles. The molecule has 1 saturated carbocycles. The highest BCUT2D eigenvalue weighted by Crippen LogP contribution is 2.40. The highest BCUT2D eigenvalue weighted by Gasteiger charge is 2.47. The number of ether oxygens (including phenoxy) is 3. The smallest absolute Gasteiger partial charge is 0.328 e. The lowest BCUT2D eigenvalue weighted by molar-refractivity contribution is -0.196. The molecular weight excluding hydrogens is 312 g/mol. The van der Waals surface area contributed by atoms with E-state index in [1.165, 1.54) is 6.42 Å². The zero-order valence-corrected chi connectivity index (χ0v) is 14.0. The molecule has 0 unspecified atom stereocenters. The third kappa shape index (κ3) is 2.85. The monoisotopic (exact) mass is 336 g/mol. The van der Waals surface area contributed by atoms with Crippen molar-refractivity contribution in [1.82, 2.24) is 9.55 Å². The number of hydrogen-bond donors (Lipinski definition) is 1. The molecule has 0 bridgehead atoms. The van der Waals surface area contributed by atoms with E-state index in [2.05, 4.69) is 4.98 Å². The molecule has 3 atom stereocenters. The van der Waals surface area contributed by atoms with Crippen LogP contribution in [0, 0.1) is 6.92 Å². The topological polar surface area (TPSA) is 82.6 Å². The number of aromatic amines is 1. The number of nitrogens with one attached hydrogen (secondary N) is 1. The molecule has 1 aromatic rings. The van der Waals surface area contributed by atoms with Crippen LogP contribution in [-0.2, 0) is 14.2 Å². The quantitative estimate of drug-likeness (QED) is 0.879. The maximum absolute atomic E-state index is 12.0. The molecule has 1 N–H and O–H groups in total. The average Bonchev–Trinajstić information content (AvgIpc) is 3.19. The molecule has 0 aromatic carbocycles. The lowest BCUT2D eigenvalue weighted by Crippen LogP contribution is -2.36. The van der Waals surface area contributed by atoms with E-state index in [-0.39, 0.29) is 29.5 Å². The van der Waals surface area contributed by atoms with E-state index in [1.54, 1.807) is 17.7 Å². The van der Waals surface area contributed by atoms with E-state index >= 15 is 0 Å². The molecular formula is C17H24N2O5. The Labute approximate surface area is 139 Å². The van der Waals surface area contributed by atoms with Crippen LogP contribution in [0.15, 0.2) is 15.8 Å². The van der Waals surface area contributed by atoms with E-state index in [0.717, 1.165) is 25.7 Å². The van der Waals surface area contributed by atoms with Gasteiger partial charge in [0.25, 0.3) is 5.56 Å².